The average molecular weight is 338 g/mol. The normalized spacial score (nSPS) is 32.7. The summed E-state index contributed by atoms with van der Waals surface area (Å²) in [6, 6.07) is 6.56. The molecule has 0 radical (unpaired) electrons. The van der Waals surface area contributed by atoms with E-state index in [1.165, 1.54) is 23.6 Å². The van der Waals surface area contributed by atoms with Gasteiger partial charge in [-0.25, -0.2) is 0 Å². The molecule has 4 atom stereocenters. The van der Waals surface area contributed by atoms with Crippen molar-refractivity contribution in [3.63, 3.8) is 0 Å². The Bertz CT molecular complexity index is 788. The van der Waals surface area contributed by atoms with Gasteiger partial charge < -0.3 is 9.47 Å². The number of esters is 1. The molecule has 0 saturated heterocycles. The maximum Gasteiger partial charge on any atom is 0.307 e. The summed E-state index contributed by atoms with van der Waals surface area (Å²) in [5.41, 5.74) is 4.25. The second kappa shape index (κ2) is 5.76. The smallest absolute Gasteiger partial charge is 0.307 e. The quantitative estimate of drug-likeness (QED) is 0.728. The molecule has 3 aliphatic rings. The van der Waals surface area contributed by atoms with Crippen LogP contribution in [0.25, 0.3) is 0 Å². The number of carbonyl (C=O) groups excluding carboxylic acids is 1. The van der Waals surface area contributed by atoms with Crippen LogP contribution in [0.5, 0.6) is 5.75 Å². The summed E-state index contributed by atoms with van der Waals surface area (Å²) in [4.78, 5) is 11.5. The highest BCUT2D eigenvalue weighted by molar-refractivity contribution is 5.68. The summed E-state index contributed by atoms with van der Waals surface area (Å²) in [5, 5.41) is 0. The van der Waals surface area contributed by atoms with Gasteiger partial charge in [0.15, 0.2) is 0 Å². The van der Waals surface area contributed by atoms with Crippen LogP contribution in [0.3, 0.4) is 0 Å². The van der Waals surface area contributed by atoms with Gasteiger partial charge in [-0.15, -0.1) is 0 Å². The van der Waals surface area contributed by atoms with E-state index in [1.54, 1.807) is 7.11 Å². The van der Waals surface area contributed by atoms with Crippen LogP contribution in [-0.2, 0) is 16.0 Å². The molecule has 0 heterocycles. The number of fused-ring (bicyclic) bond motifs is 5. The summed E-state index contributed by atoms with van der Waals surface area (Å²) < 4.78 is 11.0. The topological polar surface area (TPSA) is 35.5 Å². The predicted molar refractivity (Wildman–Crippen MR) is 97.4 cm³/mol. The maximum atomic E-state index is 11.5. The molecule has 132 valence electrons. The first-order valence-corrected chi connectivity index (χ1v) is 9.22. The molecule has 4 rings (SSSR count). The predicted octanol–water partition coefficient (Wildman–Crippen LogP) is 4.77. The average Bonchev–Trinajstić information content (AvgIpc) is 2.90. The van der Waals surface area contributed by atoms with Crippen molar-refractivity contribution >= 4 is 5.97 Å². The Kier molecular flexibility index (Phi) is 3.78. The second-order valence-corrected chi connectivity index (χ2v) is 8.00. The van der Waals surface area contributed by atoms with Gasteiger partial charge in [-0.2, -0.15) is 0 Å². The van der Waals surface area contributed by atoms with Gasteiger partial charge in [-0.1, -0.05) is 24.6 Å². The lowest BCUT2D eigenvalue weighted by Crippen LogP contribution is -2.40. The number of hydrogen-bond acceptors (Lipinski definition) is 3. The van der Waals surface area contributed by atoms with Gasteiger partial charge in [0.25, 0.3) is 0 Å². The number of benzene rings is 1. The largest absolute Gasteiger partial charge is 0.497 e. The van der Waals surface area contributed by atoms with E-state index in [4.69, 9.17) is 9.47 Å². The molecule has 0 bridgehead atoms. The molecule has 1 aromatic carbocycles. The van der Waals surface area contributed by atoms with E-state index in [2.05, 4.69) is 38.1 Å². The minimum Gasteiger partial charge on any atom is -0.497 e. The van der Waals surface area contributed by atoms with E-state index < -0.39 is 0 Å². The van der Waals surface area contributed by atoms with E-state index >= 15 is 0 Å². The van der Waals surface area contributed by atoms with Crippen molar-refractivity contribution in [1.29, 1.82) is 0 Å². The fourth-order valence-electron chi connectivity index (χ4n) is 5.34. The second-order valence-electron chi connectivity index (χ2n) is 8.00. The van der Waals surface area contributed by atoms with Crippen LogP contribution in [0.15, 0.2) is 41.7 Å². The number of ether oxygens (including phenoxy) is 2. The summed E-state index contributed by atoms with van der Waals surface area (Å²) >= 11 is 0. The van der Waals surface area contributed by atoms with Crippen molar-refractivity contribution in [2.45, 2.75) is 46.0 Å². The summed E-state index contributed by atoms with van der Waals surface area (Å²) in [5.74, 6) is 3.20. The Balaban J connectivity index is 1.70. The Hall–Kier alpha value is -2.03. The molecule has 0 aliphatic heterocycles. The van der Waals surface area contributed by atoms with Crippen molar-refractivity contribution in [1.82, 2.24) is 0 Å². The maximum absolute atomic E-state index is 11.5. The first-order valence-electron chi connectivity index (χ1n) is 9.22. The molecule has 0 spiro atoms. The third kappa shape index (κ3) is 2.44. The van der Waals surface area contributed by atoms with Crippen LogP contribution in [0.1, 0.15) is 50.7 Å². The van der Waals surface area contributed by atoms with Crippen LogP contribution in [-0.4, -0.2) is 13.1 Å². The van der Waals surface area contributed by atoms with E-state index in [0.717, 1.165) is 30.8 Å². The van der Waals surface area contributed by atoms with Gasteiger partial charge >= 0.3 is 5.97 Å². The highest BCUT2D eigenvalue weighted by atomic mass is 16.5. The van der Waals surface area contributed by atoms with E-state index in [9.17, 15) is 4.79 Å². The van der Waals surface area contributed by atoms with Crippen molar-refractivity contribution in [3.05, 3.63) is 52.8 Å². The highest BCUT2D eigenvalue weighted by Crippen LogP contribution is 2.60. The van der Waals surface area contributed by atoms with Crippen molar-refractivity contribution in [2.75, 3.05) is 7.11 Å². The first-order chi connectivity index (χ1) is 11.9. The number of hydrogen-bond donors (Lipinski definition) is 0. The van der Waals surface area contributed by atoms with Gasteiger partial charge in [-0.3, -0.25) is 4.79 Å². The molecule has 3 heteroatoms. The summed E-state index contributed by atoms with van der Waals surface area (Å²) in [7, 11) is 1.73. The van der Waals surface area contributed by atoms with E-state index in [-0.39, 0.29) is 11.4 Å². The Morgan fingerprint density at radius 2 is 2.08 bits per heavy atom. The zero-order chi connectivity index (χ0) is 17.8. The number of allylic oxidation sites excluding steroid dienone is 3. The van der Waals surface area contributed by atoms with Gasteiger partial charge in [0.1, 0.15) is 11.5 Å². The molecule has 3 aliphatic carbocycles. The van der Waals surface area contributed by atoms with Crippen molar-refractivity contribution in [3.8, 4) is 5.75 Å². The number of methoxy groups -OCH3 is 1. The third-order valence-corrected chi connectivity index (χ3v) is 6.50. The fraction of sp³-hybridized carbons (Fsp3) is 0.500. The standard InChI is InChI=1S/C22H26O3/c1-13-11-15-12-16(24-4)5-6-17(15)18-9-10-22(3)19(21(13)18)7-8-20(22)25-14(2)23/h5-8,12-13,18,21H,9-11H2,1-4H3/t13?,18-,21-,22+/m1/s1. The molecule has 0 aromatic heterocycles. The lowest BCUT2D eigenvalue weighted by Gasteiger charge is -2.49. The fourth-order valence-corrected chi connectivity index (χ4v) is 5.34. The highest BCUT2D eigenvalue weighted by Gasteiger charge is 2.51. The summed E-state index contributed by atoms with van der Waals surface area (Å²) in [6.07, 6.45) is 7.47. The molecule has 1 saturated carbocycles. The summed E-state index contributed by atoms with van der Waals surface area (Å²) in [6.45, 7) is 6.09. The monoisotopic (exact) mass is 338 g/mol. The van der Waals surface area contributed by atoms with Crippen LogP contribution < -0.4 is 4.74 Å². The van der Waals surface area contributed by atoms with Crippen LogP contribution >= 0.6 is 0 Å². The van der Waals surface area contributed by atoms with Crippen molar-refractivity contribution < 1.29 is 14.3 Å². The minimum atomic E-state index is -0.224. The molecule has 1 aromatic rings. The lowest BCUT2D eigenvalue weighted by atomic mass is 9.55. The van der Waals surface area contributed by atoms with Gasteiger partial charge in [-0.05, 0) is 73.3 Å². The molecular formula is C22H26O3. The molecule has 0 amide bonds. The lowest BCUT2D eigenvalue weighted by molar-refractivity contribution is -0.138. The van der Waals surface area contributed by atoms with Crippen LogP contribution in [0.4, 0.5) is 0 Å². The molecule has 1 fully saturated rings. The minimum absolute atomic E-state index is 0.120. The van der Waals surface area contributed by atoms with E-state index in [0.29, 0.717) is 17.8 Å². The van der Waals surface area contributed by atoms with Gasteiger partial charge in [0.2, 0.25) is 0 Å². The van der Waals surface area contributed by atoms with Gasteiger partial charge in [0.05, 0.1) is 7.11 Å². The SMILES string of the molecule is COc1ccc2c(c1)CC(C)[C@H]1C3=CC=C(OC(C)=O)[C@@]3(C)CC[C@H]21. The zero-order valence-corrected chi connectivity index (χ0v) is 15.5. The molecule has 3 nitrogen and oxygen atoms in total. The number of carbonyl (C=O) groups is 1. The Morgan fingerprint density at radius 3 is 2.80 bits per heavy atom. The Labute approximate surface area is 149 Å². The first kappa shape index (κ1) is 16.4. The van der Waals surface area contributed by atoms with Crippen LogP contribution in [0.2, 0.25) is 0 Å². The molecule has 25 heavy (non-hydrogen) atoms. The van der Waals surface area contributed by atoms with Gasteiger partial charge in [0, 0.05) is 12.3 Å². The molecule has 0 N–H and O–H groups in total. The van der Waals surface area contributed by atoms with Crippen LogP contribution in [0, 0.1) is 17.3 Å². The zero-order valence-electron chi connectivity index (χ0n) is 15.5. The van der Waals surface area contributed by atoms with E-state index in [1.807, 2.05) is 6.08 Å². The number of rotatable bonds is 2. The Morgan fingerprint density at radius 1 is 1.28 bits per heavy atom. The third-order valence-electron chi connectivity index (χ3n) is 6.50. The molecule has 1 unspecified atom stereocenters. The molecular weight excluding hydrogens is 312 g/mol. The van der Waals surface area contributed by atoms with Crippen molar-refractivity contribution in [2.24, 2.45) is 17.3 Å².